The minimum Gasteiger partial charge on any atom is -0.870 e. The summed E-state index contributed by atoms with van der Waals surface area (Å²) in [5.74, 6) is 0. The highest BCUT2D eigenvalue weighted by Gasteiger charge is 2.11. The van der Waals surface area contributed by atoms with Crippen LogP contribution in [0.2, 0.25) is 0 Å². The van der Waals surface area contributed by atoms with Crippen LogP contribution < -0.4 is 0 Å². The lowest BCUT2D eigenvalue weighted by Crippen LogP contribution is -2.40. The highest BCUT2D eigenvalue weighted by molar-refractivity contribution is 4.40. The number of hydrogen-bond donors (Lipinski definition) is 0. The average molecular weight is 189 g/mol. The molecule has 0 aromatic heterocycles. The van der Waals surface area contributed by atoms with Gasteiger partial charge in [0, 0.05) is 0 Å². The van der Waals surface area contributed by atoms with Crippen molar-refractivity contribution in [2.75, 3.05) is 27.2 Å². The molecule has 2 nitrogen and oxygen atoms in total. The third-order valence-corrected chi connectivity index (χ3v) is 2.45. The molecule has 0 unspecified atom stereocenters. The molecule has 0 atom stereocenters. The van der Waals surface area contributed by atoms with Crippen molar-refractivity contribution in [1.29, 1.82) is 0 Å². The summed E-state index contributed by atoms with van der Waals surface area (Å²) in [4.78, 5) is 0. The number of hydrogen-bond acceptors (Lipinski definition) is 1. The van der Waals surface area contributed by atoms with E-state index in [2.05, 4.69) is 27.9 Å². The number of unbranched alkanes of at least 4 members (excludes halogenated alkanes) is 3. The Kier molecular flexibility index (Phi) is 10.1. The SMILES string of the molecule is CCCCCC[N+](C)(C)CCC.[OH-]. The molecular weight excluding hydrogens is 162 g/mol. The second-order valence-electron chi connectivity index (χ2n) is 4.44. The summed E-state index contributed by atoms with van der Waals surface area (Å²) in [6.45, 7) is 7.22. The van der Waals surface area contributed by atoms with Crippen molar-refractivity contribution < 1.29 is 9.96 Å². The molecule has 0 aliphatic rings. The predicted octanol–water partition coefficient (Wildman–Crippen LogP) is 2.88. The van der Waals surface area contributed by atoms with Gasteiger partial charge >= 0.3 is 0 Å². The maximum absolute atomic E-state index is 2.34. The molecule has 0 saturated carbocycles. The van der Waals surface area contributed by atoms with Crippen LogP contribution in [0.15, 0.2) is 0 Å². The fourth-order valence-electron chi connectivity index (χ4n) is 1.68. The van der Waals surface area contributed by atoms with Gasteiger partial charge in [0.15, 0.2) is 0 Å². The maximum atomic E-state index is 2.34. The van der Waals surface area contributed by atoms with Gasteiger partial charge in [0.05, 0.1) is 27.2 Å². The topological polar surface area (TPSA) is 30.0 Å². The van der Waals surface area contributed by atoms with Crippen LogP contribution in [-0.2, 0) is 0 Å². The molecule has 0 fully saturated rings. The predicted molar refractivity (Wildman–Crippen MR) is 58.2 cm³/mol. The molecule has 0 aromatic rings. The van der Waals surface area contributed by atoms with Crippen LogP contribution in [0.5, 0.6) is 0 Å². The van der Waals surface area contributed by atoms with Crippen molar-refractivity contribution in [3.8, 4) is 0 Å². The molecule has 0 spiro atoms. The highest BCUT2D eigenvalue weighted by atomic mass is 16.0. The Morgan fingerprint density at radius 1 is 0.769 bits per heavy atom. The lowest BCUT2D eigenvalue weighted by atomic mass is 10.2. The van der Waals surface area contributed by atoms with Gasteiger partial charge in [-0.2, -0.15) is 0 Å². The van der Waals surface area contributed by atoms with Gasteiger partial charge in [-0.1, -0.05) is 26.7 Å². The van der Waals surface area contributed by atoms with E-state index in [9.17, 15) is 0 Å². The van der Waals surface area contributed by atoms with Gasteiger partial charge in [0.1, 0.15) is 0 Å². The monoisotopic (exact) mass is 189 g/mol. The second-order valence-corrected chi connectivity index (χ2v) is 4.44. The summed E-state index contributed by atoms with van der Waals surface area (Å²) in [5.41, 5.74) is 0. The first-order chi connectivity index (χ1) is 5.62. The minimum absolute atomic E-state index is 0. The van der Waals surface area contributed by atoms with Crippen molar-refractivity contribution in [2.24, 2.45) is 0 Å². The molecule has 2 heteroatoms. The number of nitrogens with zero attached hydrogens (tertiary/aromatic N) is 1. The van der Waals surface area contributed by atoms with E-state index in [0.717, 1.165) is 0 Å². The van der Waals surface area contributed by atoms with E-state index in [1.165, 1.54) is 49.7 Å². The summed E-state index contributed by atoms with van der Waals surface area (Å²) >= 11 is 0. The van der Waals surface area contributed by atoms with Gasteiger partial charge in [-0.05, 0) is 19.3 Å². The zero-order valence-corrected chi connectivity index (χ0v) is 9.84. The van der Waals surface area contributed by atoms with Crippen LogP contribution in [-0.4, -0.2) is 37.1 Å². The highest BCUT2D eigenvalue weighted by Crippen LogP contribution is 2.05. The first kappa shape index (κ1) is 15.4. The van der Waals surface area contributed by atoms with E-state index in [-0.39, 0.29) is 5.48 Å². The Bertz CT molecular complexity index is 102. The maximum Gasteiger partial charge on any atom is 0.0782 e. The molecule has 0 aliphatic heterocycles. The normalized spacial score (nSPS) is 11.1. The smallest absolute Gasteiger partial charge is 0.0782 e. The van der Waals surface area contributed by atoms with Crippen LogP contribution in [0, 0.1) is 0 Å². The Hall–Kier alpha value is -0.0800. The summed E-state index contributed by atoms with van der Waals surface area (Å²) in [7, 11) is 4.69. The van der Waals surface area contributed by atoms with Gasteiger partial charge in [-0.3, -0.25) is 0 Å². The molecule has 0 radical (unpaired) electrons. The lowest BCUT2D eigenvalue weighted by Gasteiger charge is -2.29. The standard InChI is InChI=1S/C11H26N.H2O/c1-5-7-8-9-11-12(3,4)10-6-2;/h5-11H2,1-4H3;1H2/q+1;/p-1. The summed E-state index contributed by atoms with van der Waals surface area (Å²) in [6.07, 6.45) is 6.89. The molecule has 0 aliphatic carbocycles. The van der Waals surface area contributed by atoms with Crippen LogP contribution >= 0.6 is 0 Å². The zero-order valence-electron chi connectivity index (χ0n) is 9.84. The second kappa shape index (κ2) is 8.52. The summed E-state index contributed by atoms with van der Waals surface area (Å²) in [6, 6.07) is 0. The molecule has 0 bridgehead atoms. The lowest BCUT2D eigenvalue weighted by molar-refractivity contribution is -0.890. The largest absolute Gasteiger partial charge is 0.870 e. The first-order valence-electron chi connectivity index (χ1n) is 5.44. The van der Waals surface area contributed by atoms with Crippen molar-refractivity contribution in [2.45, 2.75) is 46.0 Å². The van der Waals surface area contributed by atoms with E-state index in [1.807, 2.05) is 0 Å². The van der Waals surface area contributed by atoms with Crippen LogP contribution in [0.1, 0.15) is 46.0 Å². The van der Waals surface area contributed by atoms with Gasteiger partial charge < -0.3 is 9.96 Å². The average Bonchev–Trinajstić information content (AvgIpc) is 1.98. The third kappa shape index (κ3) is 9.84. The third-order valence-electron chi connectivity index (χ3n) is 2.45. The molecule has 0 aromatic carbocycles. The zero-order chi connectivity index (χ0) is 9.45. The quantitative estimate of drug-likeness (QED) is 0.447. The molecular formula is C11H27NO. The Morgan fingerprint density at radius 3 is 1.85 bits per heavy atom. The van der Waals surface area contributed by atoms with Crippen molar-refractivity contribution >= 4 is 0 Å². The molecule has 0 heterocycles. The first-order valence-corrected chi connectivity index (χ1v) is 5.44. The van der Waals surface area contributed by atoms with Crippen molar-refractivity contribution in [3.05, 3.63) is 0 Å². The van der Waals surface area contributed by atoms with Crippen LogP contribution in [0.4, 0.5) is 0 Å². The van der Waals surface area contributed by atoms with Gasteiger partial charge in [0.2, 0.25) is 0 Å². The molecule has 13 heavy (non-hydrogen) atoms. The van der Waals surface area contributed by atoms with Crippen LogP contribution in [0.3, 0.4) is 0 Å². The van der Waals surface area contributed by atoms with Gasteiger partial charge in [0.25, 0.3) is 0 Å². The van der Waals surface area contributed by atoms with E-state index in [0.29, 0.717) is 0 Å². The van der Waals surface area contributed by atoms with Crippen molar-refractivity contribution in [3.63, 3.8) is 0 Å². The summed E-state index contributed by atoms with van der Waals surface area (Å²) < 4.78 is 1.21. The van der Waals surface area contributed by atoms with Gasteiger partial charge in [-0.15, -0.1) is 0 Å². The molecule has 82 valence electrons. The summed E-state index contributed by atoms with van der Waals surface area (Å²) in [5, 5.41) is 0. The fourth-order valence-corrected chi connectivity index (χ4v) is 1.68. The fraction of sp³-hybridized carbons (Fsp3) is 1.00. The van der Waals surface area contributed by atoms with E-state index in [1.54, 1.807) is 0 Å². The minimum atomic E-state index is 0. The van der Waals surface area contributed by atoms with E-state index >= 15 is 0 Å². The Balaban J connectivity index is 0. The van der Waals surface area contributed by atoms with Crippen molar-refractivity contribution in [1.82, 2.24) is 0 Å². The molecule has 0 amide bonds. The molecule has 0 saturated heterocycles. The van der Waals surface area contributed by atoms with E-state index in [4.69, 9.17) is 0 Å². The van der Waals surface area contributed by atoms with Gasteiger partial charge in [-0.25, -0.2) is 0 Å². The van der Waals surface area contributed by atoms with E-state index < -0.39 is 0 Å². The van der Waals surface area contributed by atoms with Crippen LogP contribution in [0.25, 0.3) is 0 Å². The number of rotatable bonds is 7. The molecule has 1 N–H and O–H groups in total. The Morgan fingerprint density at radius 2 is 1.38 bits per heavy atom. The Labute approximate surface area is 83.8 Å². The number of quaternary nitrogens is 1. The molecule has 0 rings (SSSR count).